The van der Waals surface area contributed by atoms with Gasteiger partial charge in [-0.15, -0.1) is 0 Å². The number of amides is 1. The summed E-state index contributed by atoms with van der Waals surface area (Å²) in [5.74, 6) is 0.499. The Kier molecular flexibility index (Phi) is 6.74. The Morgan fingerprint density at radius 2 is 1.53 bits per heavy atom. The van der Waals surface area contributed by atoms with E-state index in [1.54, 1.807) is 30.3 Å². The number of rotatable bonds is 8. The Labute approximate surface area is 177 Å². The molecular weight excluding hydrogens is 400 g/mol. The van der Waals surface area contributed by atoms with Crippen LogP contribution >= 0.6 is 0 Å². The number of ether oxygens (including phenoxy) is 1. The lowest BCUT2D eigenvalue weighted by atomic mass is 10.2. The molecule has 0 unspecified atom stereocenters. The van der Waals surface area contributed by atoms with Gasteiger partial charge in [0.1, 0.15) is 5.75 Å². The van der Waals surface area contributed by atoms with Crippen LogP contribution in [0.3, 0.4) is 0 Å². The SMILES string of the molecule is CC(C)Oc1ccc(CNC(=O)c2ccc(S(=O)(=O)Nc3ccccc3)cc2)cc1. The minimum atomic E-state index is -3.72. The summed E-state index contributed by atoms with van der Waals surface area (Å²) < 4.78 is 33.0. The first-order valence-corrected chi connectivity index (χ1v) is 11.0. The molecule has 0 aliphatic rings. The standard InChI is InChI=1S/C23H24N2O4S/c1-17(2)29-21-12-8-18(9-13-21)16-24-23(26)19-10-14-22(15-11-19)30(27,28)25-20-6-4-3-5-7-20/h3-15,17,25H,16H2,1-2H3,(H,24,26). The molecule has 0 atom stereocenters. The van der Waals surface area contributed by atoms with Gasteiger partial charge in [0.05, 0.1) is 11.0 Å². The summed E-state index contributed by atoms with van der Waals surface area (Å²) in [5.41, 5.74) is 1.79. The van der Waals surface area contributed by atoms with Crippen LogP contribution in [0.25, 0.3) is 0 Å². The van der Waals surface area contributed by atoms with Crippen LogP contribution < -0.4 is 14.8 Å². The van der Waals surface area contributed by atoms with Crippen LogP contribution in [0, 0.1) is 0 Å². The summed E-state index contributed by atoms with van der Waals surface area (Å²) in [4.78, 5) is 12.5. The van der Waals surface area contributed by atoms with E-state index in [1.807, 2.05) is 38.1 Å². The highest BCUT2D eigenvalue weighted by molar-refractivity contribution is 7.92. The summed E-state index contributed by atoms with van der Waals surface area (Å²) in [6.45, 7) is 4.28. The van der Waals surface area contributed by atoms with E-state index in [1.165, 1.54) is 24.3 Å². The molecule has 0 radical (unpaired) electrons. The van der Waals surface area contributed by atoms with Gasteiger partial charge in [-0.25, -0.2) is 8.42 Å². The molecule has 0 bridgehead atoms. The zero-order chi connectivity index (χ0) is 21.6. The molecule has 0 heterocycles. The lowest BCUT2D eigenvalue weighted by molar-refractivity contribution is 0.0951. The number of benzene rings is 3. The van der Waals surface area contributed by atoms with Gasteiger partial charge in [-0.3, -0.25) is 9.52 Å². The molecule has 0 aliphatic heterocycles. The van der Waals surface area contributed by atoms with E-state index in [0.29, 0.717) is 17.8 Å². The molecule has 0 saturated carbocycles. The van der Waals surface area contributed by atoms with Crippen molar-refractivity contribution in [2.45, 2.75) is 31.4 Å². The molecule has 6 nitrogen and oxygen atoms in total. The highest BCUT2D eigenvalue weighted by Crippen LogP contribution is 2.17. The highest BCUT2D eigenvalue weighted by atomic mass is 32.2. The molecule has 2 N–H and O–H groups in total. The van der Waals surface area contributed by atoms with E-state index >= 15 is 0 Å². The maximum atomic E-state index is 12.5. The van der Waals surface area contributed by atoms with Gasteiger partial charge in [-0.1, -0.05) is 30.3 Å². The van der Waals surface area contributed by atoms with Crippen molar-refractivity contribution in [3.63, 3.8) is 0 Å². The van der Waals surface area contributed by atoms with E-state index in [2.05, 4.69) is 10.0 Å². The normalized spacial score (nSPS) is 11.2. The number of carbonyl (C=O) groups is 1. The number of sulfonamides is 1. The Balaban J connectivity index is 1.59. The number of nitrogens with one attached hydrogen (secondary N) is 2. The predicted octanol–water partition coefficient (Wildman–Crippen LogP) is 4.20. The van der Waals surface area contributed by atoms with Crippen molar-refractivity contribution >= 4 is 21.6 Å². The average Bonchev–Trinajstić information content (AvgIpc) is 2.73. The van der Waals surface area contributed by atoms with Crippen LogP contribution in [-0.4, -0.2) is 20.4 Å². The van der Waals surface area contributed by atoms with Crippen molar-refractivity contribution in [1.29, 1.82) is 0 Å². The second kappa shape index (κ2) is 9.45. The van der Waals surface area contributed by atoms with Gasteiger partial charge in [0.2, 0.25) is 0 Å². The van der Waals surface area contributed by atoms with Crippen LogP contribution in [0.15, 0.2) is 83.8 Å². The molecule has 7 heteroatoms. The van der Waals surface area contributed by atoms with E-state index < -0.39 is 10.0 Å². The first-order chi connectivity index (χ1) is 14.3. The molecule has 3 aromatic rings. The minimum absolute atomic E-state index is 0.0867. The van der Waals surface area contributed by atoms with Gasteiger partial charge in [-0.2, -0.15) is 0 Å². The van der Waals surface area contributed by atoms with Crippen LogP contribution in [0.1, 0.15) is 29.8 Å². The molecule has 0 fully saturated rings. The Morgan fingerprint density at radius 3 is 2.13 bits per heavy atom. The fourth-order valence-electron chi connectivity index (χ4n) is 2.75. The maximum absolute atomic E-state index is 12.5. The fourth-order valence-corrected chi connectivity index (χ4v) is 3.81. The summed E-state index contributed by atoms with van der Waals surface area (Å²) in [5, 5.41) is 2.83. The molecular formula is C23H24N2O4S. The van der Waals surface area contributed by atoms with Gasteiger partial charge in [0.25, 0.3) is 15.9 Å². The molecule has 0 spiro atoms. The lowest BCUT2D eigenvalue weighted by Crippen LogP contribution is -2.23. The van der Waals surface area contributed by atoms with E-state index in [4.69, 9.17) is 4.74 Å². The first kappa shape index (κ1) is 21.4. The van der Waals surface area contributed by atoms with Gasteiger partial charge in [0, 0.05) is 17.8 Å². The van der Waals surface area contributed by atoms with Crippen molar-refractivity contribution < 1.29 is 17.9 Å². The van der Waals surface area contributed by atoms with E-state index in [0.717, 1.165) is 11.3 Å². The maximum Gasteiger partial charge on any atom is 0.261 e. The van der Waals surface area contributed by atoms with Crippen molar-refractivity contribution in [1.82, 2.24) is 5.32 Å². The number of hydrogen-bond donors (Lipinski definition) is 2. The fraction of sp³-hybridized carbons (Fsp3) is 0.174. The van der Waals surface area contributed by atoms with Crippen LogP contribution in [-0.2, 0) is 16.6 Å². The second-order valence-electron chi connectivity index (χ2n) is 6.99. The highest BCUT2D eigenvalue weighted by Gasteiger charge is 2.15. The largest absolute Gasteiger partial charge is 0.491 e. The number of para-hydroxylation sites is 1. The van der Waals surface area contributed by atoms with Crippen molar-refractivity contribution in [3.05, 3.63) is 90.0 Å². The lowest BCUT2D eigenvalue weighted by Gasteiger charge is -2.11. The molecule has 3 aromatic carbocycles. The zero-order valence-corrected chi connectivity index (χ0v) is 17.6. The van der Waals surface area contributed by atoms with Gasteiger partial charge < -0.3 is 10.1 Å². The third kappa shape index (κ3) is 5.84. The molecule has 3 rings (SSSR count). The Bertz CT molecular complexity index is 1080. The summed E-state index contributed by atoms with van der Waals surface area (Å²) in [6.07, 6.45) is 0.102. The zero-order valence-electron chi connectivity index (χ0n) is 16.8. The monoisotopic (exact) mass is 424 g/mol. The van der Waals surface area contributed by atoms with Gasteiger partial charge in [0.15, 0.2) is 0 Å². The van der Waals surface area contributed by atoms with Gasteiger partial charge in [-0.05, 0) is 67.9 Å². The average molecular weight is 425 g/mol. The van der Waals surface area contributed by atoms with Crippen molar-refractivity contribution in [2.75, 3.05) is 4.72 Å². The summed E-state index contributed by atoms with van der Waals surface area (Å²) in [7, 11) is -3.72. The van der Waals surface area contributed by atoms with Crippen molar-refractivity contribution in [3.8, 4) is 5.75 Å². The first-order valence-electron chi connectivity index (χ1n) is 9.55. The minimum Gasteiger partial charge on any atom is -0.491 e. The topological polar surface area (TPSA) is 84.5 Å². The quantitative estimate of drug-likeness (QED) is 0.567. The molecule has 0 saturated heterocycles. The Hall–Kier alpha value is -3.32. The summed E-state index contributed by atoms with van der Waals surface area (Å²) >= 11 is 0. The Morgan fingerprint density at radius 1 is 0.900 bits per heavy atom. The second-order valence-corrected chi connectivity index (χ2v) is 8.67. The molecule has 1 amide bonds. The van der Waals surface area contributed by atoms with E-state index in [9.17, 15) is 13.2 Å². The number of carbonyl (C=O) groups excluding carboxylic acids is 1. The molecule has 0 aromatic heterocycles. The van der Waals surface area contributed by atoms with Gasteiger partial charge >= 0.3 is 0 Å². The predicted molar refractivity (Wildman–Crippen MR) is 117 cm³/mol. The van der Waals surface area contributed by atoms with Crippen LogP contribution in [0.5, 0.6) is 5.75 Å². The summed E-state index contributed by atoms with van der Waals surface area (Å²) in [6, 6.07) is 22.0. The van der Waals surface area contributed by atoms with Crippen molar-refractivity contribution in [2.24, 2.45) is 0 Å². The number of hydrogen-bond acceptors (Lipinski definition) is 4. The third-order valence-electron chi connectivity index (χ3n) is 4.20. The molecule has 30 heavy (non-hydrogen) atoms. The van der Waals surface area contributed by atoms with E-state index in [-0.39, 0.29) is 16.9 Å². The molecule has 0 aliphatic carbocycles. The smallest absolute Gasteiger partial charge is 0.261 e. The van der Waals surface area contributed by atoms with Crippen LogP contribution in [0.4, 0.5) is 5.69 Å². The van der Waals surface area contributed by atoms with Crippen LogP contribution in [0.2, 0.25) is 0 Å². The molecule has 156 valence electrons. The number of anilines is 1. The third-order valence-corrected chi connectivity index (χ3v) is 5.60.